The molecule has 2 aromatic rings. The Labute approximate surface area is 122 Å². The van der Waals surface area contributed by atoms with E-state index in [0.717, 1.165) is 25.2 Å². The predicted molar refractivity (Wildman–Crippen MR) is 77.6 cm³/mol. The average Bonchev–Trinajstić information content (AvgIpc) is 3.20. The summed E-state index contributed by atoms with van der Waals surface area (Å²) < 4.78 is 16.2. The van der Waals surface area contributed by atoms with Crippen molar-refractivity contribution >= 4 is 11.6 Å². The van der Waals surface area contributed by atoms with Crippen molar-refractivity contribution in [3.63, 3.8) is 0 Å². The Morgan fingerprint density at radius 2 is 2.14 bits per heavy atom. The molecular formula is C16H17NO4. The number of benzene rings is 1. The van der Waals surface area contributed by atoms with Gasteiger partial charge in [-0.25, -0.2) is 0 Å². The second-order valence-corrected chi connectivity index (χ2v) is 4.90. The highest BCUT2D eigenvalue weighted by molar-refractivity contribution is 6.02. The molecule has 0 spiro atoms. The molecule has 0 unspecified atom stereocenters. The van der Waals surface area contributed by atoms with E-state index in [9.17, 15) is 4.79 Å². The Hall–Kier alpha value is -2.27. The number of anilines is 1. The summed E-state index contributed by atoms with van der Waals surface area (Å²) in [5, 5.41) is 2.76. The average molecular weight is 287 g/mol. The standard InChI is InChI=1S/C16H17NO4/c18-16(15-4-2-10-20-15)17-12-5-7-13(8-6-12)21-11-14-3-1-9-19-14/h2,4-8,10,14H,1,3,9,11H2,(H,17,18)/t14-/m1/s1. The van der Waals surface area contributed by atoms with E-state index in [2.05, 4.69) is 5.32 Å². The van der Waals surface area contributed by atoms with E-state index in [4.69, 9.17) is 13.9 Å². The zero-order valence-electron chi connectivity index (χ0n) is 11.6. The molecule has 0 saturated carbocycles. The molecule has 110 valence electrons. The molecule has 1 saturated heterocycles. The van der Waals surface area contributed by atoms with Gasteiger partial charge in [0.25, 0.3) is 5.91 Å². The van der Waals surface area contributed by atoms with Crippen LogP contribution in [0, 0.1) is 0 Å². The normalized spacial score (nSPS) is 17.6. The zero-order valence-corrected chi connectivity index (χ0v) is 11.6. The molecule has 0 aliphatic carbocycles. The van der Waals surface area contributed by atoms with E-state index >= 15 is 0 Å². The third-order valence-electron chi connectivity index (χ3n) is 3.32. The second-order valence-electron chi connectivity index (χ2n) is 4.90. The van der Waals surface area contributed by atoms with Gasteiger partial charge in [-0.05, 0) is 49.2 Å². The molecule has 1 N–H and O–H groups in total. The molecule has 1 atom stereocenters. The van der Waals surface area contributed by atoms with Crippen LogP contribution in [0.4, 0.5) is 5.69 Å². The van der Waals surface area contributed by atoms with Crippen LogP contribution in [0.2, 0.25) is 0 Å². The number of nitrogens with one attached hydrogen (secondary N) is 1. The van der Waals surface area contributed by atoms with Crippen LogP contribution in [0.25, 0.3) is 0 Å². The number of hydrogen-bond acceptors (Lipinski definition) is 4. The molecule has 3 rings (SSSR count). The van der Waals surface area contributed by atoms with Crippen molar-refractivity contribution in [2.45, 2.75) is 18.9 Å². The van der Waals surface area contributed by atoms with Crippen LogP contribution in [0.3, 0.4) is 0 Å². The highest BCUT2D eigenvalue weighted by atomic mass is 16.5. The third-order valence-corrected chi connectivity index (χ3v) is 3.32. The molecule has 1 amide bonds. The van der Waals surface area contributed by atoms with Gasteiger partial charge in [-0.1, -0.05) is 0 Å². The molecule has 0 bridgehead atoms. The minimum absolute atomic E-state index is 0.198. The summed E-state index contributed by atoms with van der Waals surface area (Å²) in [6.07, 6.45) is 3.82. The molecule has 2 heterocycles. The van der Waals surface area contributed by atoms with Crippen molar-refractivity contribution in [2.75, 3.05) is 18.5 Å². The van der Waals surface area contributed by atoms with E-state index in [1.54, 1.807) is 24.3 Å². The predicted octanol–water partition coefficient (Wildman–Crippen LogP) is 3.09. The summed E-state index contributed by atoms with van der Waals surface area (Å²) in [6, 6.07) is 10.5. The summed E-state index contributed by atoms with van der Waals surface area (Å²) in [5.74, 6) is 0.781. The van der Waals surface area contributed by atoms with Crippen molar-refractivity contribution in [1.82, 2.24) is 0 Å². The second kappa shape index (κ2) is 6.45. The quantitative estimate of drug-likeness (QED) is 0.918. The highest BCUT2D eigenvalue weighted by Gasteiger charge is 2.16. The molecule has 21 heavy (non-hydrogen) atoms. The lowest BCUT2D eigenvalue weighted by Gasteiger charge is -2.11. The fourth-order valence-corrected chi connectivity index (χ4v) is 2.20. The number of hydrogen-bond donors (Lipinski definition) is 1. The van der Waals surface area contributed by atoms with Crippen LogP contribution < -0.4 is 10.1 Å². The lowest BCUT2D eigenvalue weighted by atomic mass is 10.2. The Kier molecular flexibility index (Phi) is 4.21. The van der Waals surface area contributed by atoms with E-state index in [1.807, 2.05) is 12.1 Å². The van der Waals surface area contributed by atoms with Gasteiger partial charge in [-0.2, -0.15) is 0 Å². The fourth-order valence-electron chi connectivity index (χ4n) is 2.20. The van der Waals surface area contributed by atoms with Crippen molar-refractivity contribution in [2.24, 2.45) is 0 Å². The van der Waals surface area contributed by atoms with Gasteiger partial charge >= 0.3 is 0 Å². The minimum Gasteiger partial charge on any atom is -0.491 e. The maximum Gasteiger partial charge on any atom is 0.291 e. The van der Waals surface area contributed by atoms with E-state index in [1.165, 1.54) is 6.26 Å². The van der Waals surface area contributed by atoms with Crippen LogP contribution in [0.1, 0.15) is 23.4 Å². The van der Waals surface area contributed by atoms with Crippen molar-refractivity contribution in [1.29, 1.82) is 0 Å². The Morgan fingerprint density at radius 1 is 1.29 bits per heavy atom. The number of ether oxygens (including phenoxy) is 2. The first-order chi connectivity index (χ1) is 10.3. The molecule has 1 aliphatic heterocycles. The van der Waals surface area contributed by atoms with Crippen LogP contribution in [-0.2, 0) is 4.74 Å². The zero-order chi connectivity index (χ0) is 14.5. The summed E-state index contributed by atoms with van der Waals surface area (Å²) in [6.45, 7) is 1.39. The highest BCUT2D eigenvalue weighted by Crippen LogP contribution is 2.19. The van der Waals surface area contributed by atoms with Crippen LogP contribution in [-0.4, -0.2) is 25.2 Å². The number of carbonyl (C=O) groups is 1. The smallest absolute Gasteiger partial charge is 0.291 e. The summed E-state index contributed by atoms with van der Waals surface area (Å²) in [7, 11) is 0. The molecule has 5 nitrogen and oxygen atoms in total. The van der Waals surface area contributed by atoms with Crippen molar-refractivity contribution in [3.05, 3.63) is 48.4 Å². The van der Waals surface area contributed by atoms with Crippen LogP contribution in [0.15, 0.2) is 47.1 Å². The third kappa shape index (κ3) is 3.64. The van der Waals surface area contributed by atoms with Gasteiger partial charge in [-0.3, -0.25) is 4.79 Å². The Bertz CT molecular complexity index is 571. The molecule has 1 aromatic heterocycles. The molecule has 5 heteroatoms. The summed E-state index contributed by atoms with van der Waals surface area (Å²) >= 11 is 0. The lowest BCUT2D eigenvalue weighted by molar-refractivity contribution is 0.0679. The SMILES string of the molecule is O=C(Nc1ccc(OC[C@H]2CCCO2)cc1)c1ccco1. The van der Waals surface area contributed by atoms with Gasteiger partial charge in [-0.15, -0.1) is 0 Å². The number of carbonyl (C=O) groups excluding carboxylic acids is 1. The van der Waals surface area contributed by atoms with Crippen molar-refractivity contribution in [3.8, 4) is 5.75 Å². The Morgan fingerprint density at radius 3 is 2.81 bits per heavy atom. The minimum atomic E-state index is -0.270. The van der Waals surface area contributed by atoms with Gasteiger partial charge in [0, 0.05) is 12.3 Å². The molecule has 1 aromatic carbocycles. The van der Waals surface area contributed by atoms with Gasteiger partial charge in [0.15, 0.2) is 5.76 Å². The van der Waals surface area contributed by atoms with Crippen LogP contribution >= 0.6 is 0 Å². The summed E-state index contributed by atoms with van der Waals surface area (Å²) in [4.78, 5) is 11.8. The first-order valence-electron chi connectivity index (χ1n) is 7.00. The van der Waals surface area contributed by atoms with Gasteiger partial charge in [0.2, 0.25) is 0 Å². The fraction of sp³-hybridized carbons (Fsp3) is 0.312. The number of furan rings is 1. The van der Waals surface area contributed by atoms with Gasteiger partial charge < -0.3 is 19.2 Å². The number of amides is 1. The first-order valence-corrected chi connectivity index (χ1v) is 7.00. The van der Waals surface area contributed by atoms with Gasteiger partial charge in [0.05, 0.1) is 12.4 Å². The molecule has 0 radical (unpaired) electrons. The molecular weight excluding hydrogens is 270 g/mol. The lowest BCUT2D eigenvalue weighted by Crippen LogP contribution is -2.16. The van der Waals surface area contributed by atoms with Crippen LogP contribution in [0.5, 0.6) is 5.75 Å². The molecule has 1 fully saturated rings. The first kappa shape index (κ1) is 13.7. The van der Waals surface area contributed by atoms with E-state index in [0.29, 0.717) is 12.3 Å². The van der Waals surface area contributed by atoms with Crippen molar-refractivity contribution < 1.29 is 18.7 Å². The number of rotatable bonds is 5. The maximum absolute atomic E-state index is 11.8. The molecule has 1 aliphatic rings. The van der Waals surface area contributed by atoms with E-state index in [-0.39, 0.29) is 17.8 Å². The maximum atomic E-state index is 11.8. The van der Waals surface area contributed by atoms with Gasteiger partial charge in [0.1, 0.15) is 12.4 Å². The summed E-state index contributed by atoms with van der Waals surface area (Å²) in [5.41, 5.74) is 0.695. The topological polar surface area (TPSA) is 60.7 Å². The Balaban J connectivity index is 1.52. The monoisotopic (exact) mass is 287 g/mol. The van der Waals surface area contributed by atoms with E-state index < -0.39 is 0 Å². The largest absolute Gasteiger partial charge is 0.491 e.